The standard InChI is InChI=1S/C24H22IN3O4/c1-15-22-19(27-28-21(29)14-31-18-6-3-2-4-7-18)8-5-9-20(22)32-23(15)24(30)26-17-12-10-16(25)11-13-17/h2-4,6-7,10-13H,5,8-9,14H2,1H3,(H,26,30)(H,28,29)/b27-19+. The summed E-state index contributed by atoms with van der Waals surface area (Å²) in [6, 6.07) is 16.7. The number of nitrogens with one attached hydrogen (secondary N) is 2. The molecule has 0 bridgehead atoms. The van der Waals surface area contributed by atoms with Gasteiger partial charge in [-0.15, -0.1) is 0 Å². The monoisotopic (exact) mass is 543 g/mol. The van der Waals surface area contributed by atoms with E-state index in [0.29, 0.717) is 23.6 Å². The number of para-hydroxylation sites is 1. The van der Waals surface area contributed by atoms with Crippen LogP contribution in [-0.2, 0) is 11.2 Å². The van der Waals surface area contributed by atoms with Crippen LogP contribution >= 0.6 is 22.6 Å². The van der Waals surface area contributed by atoms with Gasteiger partial charge in [0.2, 0.25) is 0 Å². The largest absolute Gasteiger partial charge is 0.484 e. The summed E-state index contributed by atoms with van der Waals surface area (Å²) >= 11 is 2.21. The number of amides is 2. The molecule has 1 aliphatic carbocycles. The number of carbonyl (C=O) groups is 2. The predicted molar refractivity (Wildman–Crippen MR) is 130 cm³/mol. The summed E-state index contributed by atoms with van der Waals surface area (Å²) in [5.41, 5.74) is 5.47. The molecule has 0 aliphatic heterocycles. The second-order valence-corrected chi connectivity index (χ2v) is 8.61. The van der Waals surface area contributed by atoms with Gasteiger partial charge >= 0.3 is 0 Å². The number of hydrogen-bond acceptors (Lipinski definition) is 5. The van der Waals surface area contributed by atoms with Crippen LogP contribution in [0.25, 0.3) is 0 Å². The normalized spacial score (nSPS) is 14.0. The Bertz CT molecular complexity index is 1150. The summed E-state index contributed by atoms with van der Waals surface area (Å²) in [6.45, 7) is 1.70. The number of ether oxygens (including phenoxy) is 1. The Kier molecular flexibility index (Phi) is 6.89. The molecule has 2 amide bonds. The third-order valence-corrected chi connectivity index (χ3v) is 5.78. The van der Waals surface area contributed by atoms with E-state index in [1.807, 2.05) is 49.4 Å². The number of rotatable bonds is 6. The van der Waals surface area contributed by atoms with Crippen LogP contribution in [0.1, 0.15) is 40.3 Å². The zero-order valence-corrected chi connectivity index (χ0v) is 19.6. The van der Waals surface area contributed by atoms with E-state index in [1.54, 1.807) is 12.1 Å². The third-order valence-electron chi connectivity index (χ3n) is 5.06. The Morgan fingerprint density at radius 1 is 1.09 bits per heavy atom. The van der Waals surface area contributed by atoms with E-state index in [4.69, 9.17) is 9.15 Å². The van der Waals surface area contributed by atoms with E-state index < -0.39 is 0 Å². The quantitative estimate of drug-likeness (QED) is 0.349. The summed E-state index contributed by atoms with van der Waals surface area (Å²) < 4.78 is 12.4. The molecular weight excluding hydrogens is 521 g/mol. The number of fused-ring (bicyclic) bond motifs is 1. The van der Waals surface area contributed by atoms with E-state index in [1.165, 1.54) is 0 Å². The molecule has 8 heteroatoms. The molecule has 1 aliphatic rings. The van der Waals surface area contributed by atoms with Gasteiger partial charge in [-0.2, -0.15) is 5.10 Å². The van der Waals surface area contributed by atoms with Crippen LogP contribution in [0.2, 0.25) is 0 Å². The number of hydrazone groups is 1. The zero-order valence-electron chi connectivity index (χ0n) is 17.5. The van der Waals surface area contributed by atoms with Crippen molar-refractivity contribution in [3.8, 4) is 5.75 Å². The smallest absolute Gasteiger partial charge is 0.291 e. The Hall–Kier alpha value is -3.14. The molecule has 0 unspecified atom stereocenters. The lowest BCUT2D eigenvalue weighted by Crippen LogP contribution is -2.27. The highest BCUT2D eigenvalue weighted by Gasteiger charge is 2.28. The van der Waals surface area contributed by atoms with Crippen molar-refractivity contribution >= 4 is 45.8 Å². The Labute approximate surface area is 199 Å². The number of hydrogen-bond donors (Lipinski definition) is 2. The maximum Gasteiger partial charge on any atom is 0.291 e. The van der Waals surface area contributed by atoms with E-state index >= 15 is 0 Å². The highest BCUT2D eigenvalue weighted by atomic mass is 127. The summed E-state index contributed by atoms with van der Waals surface area (Å²) in [6.07, 6.45) is 2.23. The van der Waals surface area contributed by atoms with E-state index in [2.05, 4.69) is 38.4 Å². The maximum absolute atomic E-state index is 12.8. The molecule has 0 atom stereocenters. The van der Waals surface area contributed by atoms with Crippen LogP contribution in [0.3, 0.4) is 0 Å². The van der Waals surface area contributed by atoms with Gasteiger partial charge in [0, 0.05) is 26.8 Å². The average Bonchev–Trinajstić information content (AvgIpc) is 3.16. The van der Waals surface area contributed by atoms with Crippen LogP contribution in [0.5, 0.6) is 5.75 Å². The molecule has 0 radical (unpaired) electrons. The molecule has 1 aromatic heterocycles. The first kappa shape index (κ1) is 22.1. The molecule has 32 heavy (non-hydrogen) atoms. The number of aryl methyl sites for hydroxylation is 1. The van der Waals surface area contributed by atoms with Gasteiger partial charge in [0.25, 0.3) is 11.8 Å². The minimum atomic E-state index is -0.355. The van der Waals surface area contributed by atoms with Crippen LogP contribution < -0.4 is 15.5 Å². The topological polar surface area (TPSA) is 92.9 Å². The fourth-order valence-corrected chi connectivity index (χ4v) is 3.91. The first-order chi connectivity index (χ1) is 15.5. The number of carbonyl (C=O) groups excluding carboxylic acids is 2. The molecule has 2 aromatic carbocycles. The molecule has 4 rings (SSSR count). The van der Waals surface area contributed by atoms with Crippen LogP contribution in [0.4, 0.5) is 5.69 Å². The zero-order chi connectivity index (χ0) is 22.5. The van der Waals surface area contributed by atoms with Crippen LogP contribution in [-0.4, -0.2) is 24.1 Å². The molecular formula is C24H22IN3O4. The van der Waals surface area contributed by atoms with Crippen molar-refractivity contribution in [1.82, 2.24) is 5.43 Å². The predicted octanol–water partition coefficient (Wildman–Crippen LogP) is 4.68. The molecule has 0 spiro atoms. The number of halogens is 1. The minimum absolute atomic E-state index is 0.137. The number of furan rings is 1. The molecule has 0 saturated heterocycles. The number of anilines is 1. The SMILES string of the molecule is Cc1c(C(=O)Nc2ccc(I)cc2)oc2c1/C(=N/NC(=O)COc1ccccc1)CCC2. The Morgan fingerprint density at radius 2 is 1.84 bits per heavy atom. The lowest BCUT2D eigenvalue weighted by atomic mass is 9.93. The van der Waals surface area contributed by atoms with Crippen molar-refractivity contribution in [2.24, 2.45) is 5.10 Å². The molecule has 0 saturated carbocycles. The van der Waals surface area contributed by atoms with Crippen molar-refractivity contribution in [2.75, 3.05) is 11.9 Å². The highest BCUT2D eigenvalue weighted by molar-refractivity contribution is 14.1. The van der Waals surface area contributed by atoms with E-state index in [-0.39, 0.29) is 24.2 Å². The van der Waals surface area contributed by atoms with Gasteiger partial charge in [-0.05, 0) is 78.8 Å². The summed E-state index contributed by atoms with van der Waals surface area (Å²) in [5, 5.41) is 7.18. The Morgan fingerprint density at radius 3 is 2.59 bits per heavy atom. The number of nitrogens with zero attached hydrogens (tertiary/aromatic N) is 1. The second kappa shape index (κ2) is 9.99. The van der Waals surface area contributed by atoms with Crippen LogP contribution in [0.15, 0.2) is 64.1 Å². The van der Waals surface area contributed by atoms with Gasteiger partial charge in [0.05, 0.1) is 5.71 Å². The highest BCUT2D eigenvalue weighted by Crippen LogP contribution is 2.30. The lowest BCUT2D eigenvalue weighted by Gasteiger charge is -2.13. The number of benzene rings is 2. The van der Waals surface area contributed by atoms with Crippen LogP contribution in [0, 0.1) is 10.5 Å². The average molecular weight is 543 g/mol. The van der Waals surface area contributed by atoms with Gasteiger partial charge in [-0.25, -0.2) is 5.43 Å². The first-order valence-electron chi connectivity index (χ1n) is 10.2. The fraction of sp³-hybridized carbons (Fsp3) is 0.208. The van der Waals surface area contributed by atoms with Gasteiger partial charge in [-0.3, -0.25) is 9.59 Å². The second-order valence-electron chi connectivity index (χ2n) is 7.36. The van der Waals surface area contributed by atoms with E-state index in [9.17, 15) is 9.59 Å². The molecule has 1 heterocycles. The fourth-order valence-electron chi connectivity index (χ4n) is 3.55. The maximum atomic E-state index is 12.8. The molecule has 3 aromatic rings. The summed E-state index contributed by atoms with van der Waals surface area (Å²) in [7, 11) is 0. The van der Waals surface area contributed by atoms with Gasteiger partial charge in [-0.1, -0.05) is 18.2 Å². The minimum Gasteiger partial charge on any atom is -0.484 e. The molecule has 7 nitrogen and oxygen atoms in total. The van der Waals surface area contributed by atoms with Crippen molar-refractivity contribution in [2.45, 2.75) is 26.2 Å². The van der Waals surface area contributed by atoms with Gasteiger partial charge in [0.15, 0.2) is 12.4 Å². The van der Waals surface area contributed by atoms with Crippen molar-refractivity contribution in [3.63, 3.8) is 0 Å². The van der Waals surface area contributed by atoms with Crippen molar-refractivity contribution < 1.29 is 18.7 Å². The first-order valence-corrected chi connectivity index (χ1v) is 11.3. The van der Waals surface area contributed by atoms with Gasteiger partial charge in [0.1, 0.15) is 11.5 Å². The van der Waals surface area contributed by atoms with Crippen molar-refractivity contribution in [3.05, 3.63) is 80.8 Å². The Balaban J connectivity index is 1.45. The third kappa shape index (κ3) is 5.18. The molecule has 2 N–H and O–H groups in total. The summed E-state index contributed by atoms with van der Waals surface area (Å²) in [5.74, 6) is 0.936. The summed E-state index contributed by atoms with van der Waals surface area (Å²) in [4.78, 5) is 25.0. The molecule has 164 valence electrons. The van der Waals surface area contributed by atoms with Crippen molar-refractivity contribution in [1.29, 1.82) is 0 Å². The molecule has 0 fully saturated rings. The van der Waals surface area contributed by atoms with Gasteiger partial charge < -0.3 is 14.5 Å². The lowest BCUT2D eigenvalue weighted by molar-refractivity contribution is -0.123. The van der Waals surface area contributed by atoms with E-state index in [0.717, 1.165) is 33.3 Å².